The van der Waals surface area contributed by atoms with E-state index < -0.39 is 11.8 Å². The molecule has 1 aromatic carbocycles. The summed E-state index contributed by atoms with van der Waals surface area (Å²) in [5.74, 6) is -0.302. The summed E-state index contributed by atoms with van der Waals surface area (Å²) in [5, 5.41) is 17.2. The number of aromatic nitrogens is 4. The Labute approximate surface area is 177 Å². The van der Waals surface area contributed by atoms with Gasteiger partial charge in [-0.1, -0.05) is 12.1 Å². The Morgan fingerprint density at radius 1 is 1.32 bits per heavy atom. The van der Waals surface area contributed by atoms with Gasteiger partial charge in [-0.3, -0.25) is 9.36 Å². The van der Waals surface area contributed by atoms with Crippen LogP contribution in [0.2, 0.25) is 0 Å². The fraction of sp³-hybridized carbons (Fsp3) is 0.238. The normalized spacial score (nSPS) is 20.2. The minimum absolute atomic E-state index is 0.0487. The summed E-state index contributed by atoms with van der Waals surface area (Å²) in [6, 6.07) is 9.63. The van der Waals surface area contributed by atoms with Crippen LogP contribution >= 0.6 is 0 Å². The van der Waals surface area contributed by atoms with Gasteiger partial charge in [0.15, 0.2) is 0 Å². The first-order chi connectivity index (χ1) is 15.1. The van der Waals surface area contributed by atoms with Crippen molar-refractivity contribution in [2.24, 2.45) is 11.5 Å². The van der Waals surface area contributed by atoms with Gasteiger partial charge in [0.05, 0.1) is 23.8 Å². The van der Waals surface area contributed by atoms with Crippen molar-refractivity contribution < 1.29 is 14.3 Å². The Morgan fingerprint density at radius 3 is 2.81 bits per heavy atom. The first-order valence-corrected chi connectivity index (χ1v) is 9.75. The molecule has 0 spiro atoms. The van der Waals surface area contributed by atoms with Crippen molar-refractivity contribution in [2.75, 3.05) is 13.2 Å². The van der Waals surface area contributed by atoms with E-state index in [0.717, 1.165) is 28.9 Å². The smallest absolute Gasteiger partial charge is 0.285 e. The van der Waals surface area contributed by atoms with Crippen molar-refractivity contribution in [3.8, 4) is 17.6 Å². The van der Waals surface area contributed by atoms with Gasteiger partial charge in [0.2, 0.25) is 17.6 Å². The highest BCUT2D eigenvalue weighted by atomic mass is 16.5. The number of rotatable bonds is 4. The number of aromatic amines is 1. The molecule has 4 heterocycles. The summed E-state index contributed by atoms with van der Waals surface area (Å²) in [5.41, 5.74) is 15.0. The largest absolute Gasteiger partial charge is 0.422 e. The zero-order valence-corrected chi connectivity index (χ0v) is 16.4. The average molecular weight is 417 g/mol. The zero-order valence-electron chi connectivity index (χ0n) is 16.4. The third-order valence-electron chi connectivity index (χ3n) is 5.66. The molecular weight excluding hydrogens is 398 g/mol. The number of nitrogens with zero attached hydrogens (tertiary/aromatic N) is 4. The van der Waals surface area contributed by atoms with E-state index >= 15 is 0 Å². The predicted octanol–water partition coefficient (Wildman–Crippen LogP) is 1.42. The van der Waals surface area contributed by atoms with Crippen LogP contribution in [0.25, 0.3) is 5.69 Å². The number of imidazole rings is 1. The monoisotopic (exact) mass is 417 g/mol. The zero-order chi connectivity index (χ0) is 21.5. The number of fused-ring (bicyclic) bond motifs is 1. The molecule has 10 nitrogen and oxygen atoms in total. The number of benzene rings is 1. The van der Waals surface area contributed by atoms with Crippen molar-refractivity contribution in [1.82, 2.24) is 19.7 Å². The highest BCUT2D eigenvalue weighted by Gasteiger charge is 2.37. The molecule has 2 atom stereocenters. The number of carbonyl (C=O) groups is 1. The van der Waals surface area contributed by atoms with Crippen LogP contribution in [0.5, 0.6) is 5.88 Å². The average Bonchev–Trinajstić information content (AvgIpc) is 3.52. The molecule has 2 aromatic heterocycles. The van der Waals surface area contributed by atoms with Crippen molar-refractivity contribution >= 4 is 5.91 Å². The molecule has 0 saturated carbocycles. The van der Waals surface area contributed by atoms with Crippen LogP contribution in [-0.2, 0) is 4.74 Å². The number of nitrogens with two attached hydrogens (primary N) is 2. The van der Waals surface area contributed by atoms with E-state index in [1.165, 1.54) is 6.20 Å². The fourth-order valence-corrected chi connectivity index (χ4v) is 4.19. The Bertz CT molecular complexity index is 1230. The van der Waals surface area contributed by atoms with Gasteiger partial charge in [0, 0.05) is 30.6 Å². The molecule has 0 radical (unpaired) electrons. The molecule has 0 aliphatic carbocycles. The second-order valence-corrected chi connectivity index (χ2v) is 7.41. The number of amides is 1. The van der Waals surface area contributed by atoms with Crippen LogP contribution in [0.4, 0.5) is 0 Å². The predicted molar refractivity (Wildman–Crippen MR) is 108 cm³/mol. The van der Waals surface area contributed by atoms with Crippen molar-refractivity contribution in [3.05, 3.63) is 70.8 Å². The quantitative estimate of drug-likeness (QED) is 0.579. The molecule has 2 aliphatic rings. The fourth-order valence-electron chi connectivity index (χ4n) is 4.19. The molecule has 5 N–H and O–H groups in total. The van der Waals surface area contributed by atoms with Crippen molar-refractivity contribution in [3.63, 3.8) is 0 Å². The van der Waals surface area contributed by atoms with Gasteiger partial charge in [0.25, 0.3) is 5.91 Å². The molecule has 1 saturated heterocycles. The number of H-pyrrole nitrogens is 1. The van der Waals surface area contributed by atoms with Crippen LogP contribution in [0, 0.1) is 11.3 Å². The summed E-state index contributed by atoms with van der Waals surface area (Å²) in [6.45, 7) is 1.24. The van der Waals surface area contributed by atoms with Crippen LogP contribution in [0.1, 0.15) is 45.7 Å². The van der Waals surface area contributed by atoms with Crippen molar-refractivity contribution in [1.29, 1.82) is 5.26 Å². The number of hydrogen-bond acceptors (Lipinski definition) is 7. The number of allylic oxidation sites excluding steroid dienone is 1. The van der Waals surface area contributed by atoms with Crippen LogP contribution < -0.4 is 16.2 Å². The number of nitrogens with one attached hydrogen (secondary N) is 1. The summed E-state index contributed by atoms with van der Waals surface area (Å²) in [7, 11) is 0. The van der Waals surface area contributed by atoms with Gasteiger partial charge in [-0.25, -0.2) is 10.1 Å². The Balaban J connectivity index is 1.59. The number of hydrogen-bond donors (Lipinski definition) is 3. The maximum absolute atomic E-state index is 11.6. The maximum atomic E-state index is 11.6. The number of ether oxygens (including phenoxy) is 2. The number of nitriles is 1. The minimum Gasteiger partial charge on any atom is -0.422 e. The molecule has 2 aliphatic heterocycles. The van der Waals surface area contributed by atoms with E-state index in [0.29, 0.717) is 24.7 Å². The molecule has 3 aromatic rings. The Kier molecular flexibility index (Phi) is 4.45. The first kappa shape index (κ1) is 18.9. The van der Waals surface area contributed by atoms with Crippen LogP contribution in [-0.4, -0.2) is 38.9 Å². The summed E-state index contributed by atoms with van der Waals surface area (Å²) in [6.07, 6.45) is 4.02. The minimum atomic E-state index is -0.618. The highest BCUT2D eigenvalue weighted by Crippen LogP contribution is 2.45. The summed E-state index contributed by atoms with van der Waals surface area (Å²) < 4.78 is 12.8. The van der Waals surface area contributed by atoms with Gasteiger partial charge in [-0.15, -0.1) is 0 Å². The third-order valence-corrected chi connectivity index (χ3v) is 5.66. The summed E-state index contributed by atoms with van der Waals surface area (Å²) in [4.78, 5) is 15.6. The van der Waals surface area contributed by atoms with Gasteiger partial charge < -0.3 is 20.9 Å². The number of primary amides is 1. The topological polar surface area (TPSA) is 158 Å². The lowest BCUT2D eigenvalue weighted by atomic mass is 9.82. The molecule has 1 fully saturated rings. The standard InChI is InChI=1S/C21H19N7O3/c22-9-14-15(11-1-3-13(4-2-11)28-7-6-25-20(28)18(23)29)16-17(12-5-8-30-10-12)26-27-21(16)31-19(14)24/h1-4,6-7,12,15H,5,8,10,24H2,(H2,23,29)(H,26,27). The van der Waals surface area contributed by atoms with Crippen LogP contribution in [0.15, 0.2) is 48.1 Å². The molecular formula is C21H19N7O3. The highest BCUT2D eigenvalue weighted by molar-refractivity contribution is 5.89. The van der Waals surface area contributed by atoms with E-state index in [2.05, 4.69) is 21.3 Å². The first-order valence-electron chi connectivity index (χ1n) is 9.75. The van der Waals surface area contributed by atoms with Gasteiger partial charge in [0.1, 0.15) is 11.6 Å². The molecule has 0 bridgehead atoms. The lowest BCUT2D eigenvalue weighted by Crippen LogP contribution is -2.22. The van der Waals surface area contributed by atoms with Crippen LogP contribution in [0.3, 0.4) is 0 Å². The molecule has 10 heteroatoms. The van der Waals surface area contributed by atoms with Gasteiger partial charge in [-0.2, -0.15) is 10.4 Å². The molecule has 31 heavy (non-hydrogen) atoms. The molecule has 2 unspecified atom stereocenters. The van der Waals surface area contributed by atoms with Gasteiger partial charge >= 0.3 is 0 Å². The maximum Gasteiger partial charge on any atom is 0.285 e. The second kappa shape index (κ2) is 7.30. The Hall–Kier alpha value is -4.10. The third kappa shape index (κ3) is 3.03. The van der Waals surface area contributed by atoms with E-state index in [-0.39, 0.29) is 17.6 Å². The van der Waals surface area contributed by atoms with Crippen molar-refractivity contribution in [2.45, 2.75) is 18.3 Å². The lowest BCUT2D eigenvalue weighted by molar-refractivity contribution is 0.0989. The van der Waals surface area contributed by atoms with E-state index in [1.807, 2.05) is 24.3 Å². The summed E-state index contributed by atoms with van der Waals surface area (Å²) >= 11 is 0. The molecule has 1 amide bonds. The molecule has 156 valence electrons. The SMILES string of the molecule is N#CC1=C(N)Oc2[nH]nc(C3CCOC3)c2C1c1ccc(-n2ccnc2C(N)=O)cc1. The van der Waals surface area contributed by atoms with E-state index in [9.17, 15) is 10.1 Å². The lowest BCUT2D eigenvalue weighted by Gasteiger charge is -2.25. The second-order valence-electron chi connectivity index (χ2n) is 7.41. The Morgan fingerprint density at radius 2 is 2.13 bits per heavy atom. The van der Waals surface area contributed by atoms with E-state index in [1.54, 1.807) is 10.8 Å². The number of carbonyl (C=O) groups excluding carboxylic acids is 1. The van der Waals surface area contributed by atoms with Gasteiger partial charge in [-0.05, 0) is 24.1 Å². The molecule has 5 rings (SSSR count). The van der Waals surface area contributed by atoms with E-state index in [4.69, 9.17) is 20.9 Å².